The van der Waals surface area contributed by atoms with Gasteiger partial charge in [-0.05, 0) is 22.6 Å². The summed E-state index contributed by atoms with van der Waals surface area (Å²) in [6, 6.07) is 7.93. The minimum Gasteiger partial charge on any atom is -0.423 e. The molecule has 3 aliphatic heterocycles. The van der Waals surface area contributed by atoms with Crippen LogP contribution in [0, 0.1) is 0 Å². The number of fused-ring (bicyclic) bond motifs is 1. The summed E-state index contributed by atoms with van der Waals surface area (Å²) >= 11 is 0. The first kappa shape index (κ1) is 16.9. The van der Waals surface area contributed by atoms with Gasteiger partial charge in [0.1, 0.15) is 24.0 Å². The number of anilines is 1. The average molecular weight is 374 g/mol. The maximum Gasteiger partial charge on any atom is 0.341 e. The molecule has 2 N–H and O–H groups in total. The summed E-state index contributed by atoms with van der Waals surface area (Å²) in [6.45, 7) is 4.11. The molecule has 0 bridgehead atoms. The second kappa shape index (κ2) is 7.04. The van der Waals surface area contributed by atoms with Crippen molar-refractivity contribution in [2.24, 2.45) is 5.73 Å². The predicted octanol–water partition coefficient (Wildman–Crippen LogP) is -0.0320. The lowest BCUT2D eigenvalue weighted by Gasteiger charge is -2.29. The van der Waals surface area contributed by atoms with Gasteiger partial charge in [0.05, 0.1) is 32.5 Å². The van der Waals surface area contributed by atoms with E-state index < -0.39 is 0 Å². The Hall–Kier alpha value is -2.27. The molecule has 10 heteroatoms. The summed E-state index contributed by atoms with van der Waals surface area (Å²) in [5, 5.41) is 11.9. The van der Waals surface area contributed by atoms with E-state index in [1.807, 2.05) is 18.2 Å². The van der Waals surface area contributed by atoms with Gasteiger partial charge in [0.15, 0.2) is 0 Å². The topological polar surface area (TPSA) is 110 Å². The molecule has 144 valence electrons. The van der Waals surface area contributed by atoms with E-state index in [1.54, 1.807) is 4.68 Å². The van der Waals surface area contributed by atoms with Gasteiger partial charge in [-0.3, -0.25) is 0 Å². The van der Waals surface area contributed by atoms with E-state index in [2.05, 4.69) is 26.5 Å². The second-order valence-electron chi connectivity index (χ2n) is 6.93. The smallest absolute Gasteiger partial charge is 0.341 e. The lowest BCUT2D eigenvalue weighted by Crippen LogP contribution is -2.36. The Bertz CT molecular complexity index is 795. The maximum absolute atomic E-state index is 6.03. The Kier molecular flexibility index (Phi) is 4.40. The minimum absolute atomic E-state index is 0.119. The number of morpholine rings is 1. The van der Waals surface area contributed by atoms with Crippen LogP contribution in [0.25, 0.3) is 0 Å². The summed E-state index contributed by atoms with van der Waals surface area (Å²) in [7, 11) is 0. The lowest BCUT2D eigenvalue weighted by molar-refractivity contribution is 0.0617. The third-order valence-corrected chi connectivity index (χ3v) is 5.25. The fraction of sp³-hybridized carbons (Fsp3) is 0.588. The number of ether oxygens (including phenoxy) is 4. The summed E-state index contributed by atoms with van der Waals surface area (Å²) in [5.41, 5.74) is 7.12. The van der Waals surface area contributed by atoms with Gasteiger partial charge < -0.3 is 29.6 Å². The van der Waals surface area contributed by atoms with Crippen LogP contribution >= 0.6 is 0 Å². The number of rotatable bonds is 4. The molecule has 0 aliphatic carbocycles. The van der Waals surface area contributed by atoms with Crippen molar-refractivity contribution in [3.63, 3.8) is 0 Å². The Morgan fingerprint density at radius 3 is 2.85 bits per heavy atom. The van der Waals surface area contributed by atoms with Crippen LogP contribution in [0.4, 0.5) is 5.69 Å². The Balaban J connectivity index is 1.35. The van der Waals surface area contributed by atoms with Gasteiger partial charge in [-0.2, -0.15) is 4.68 Å². The number of nitrogens with zero attached hydrogens (tertiary/aromatic N) is 5. The van der Waals surface area contributed by atoms with Crippen molar-refractivity contribution in [3.05, 3.63) is 24.3 Å². The van der Waals surface area contributed by atoms with E-state index in [0.29, 0.717) is 25.0 Å². The van der Waals surface area contributed by atoms with Gasteiger partial charge in [0.25, 0.3) is 0 Å². The molecular weight excluding hydrogens is 352 g/mol. The van der Waals surface area contributed by atoms with E-state index in [9.17, 15) is 0 Å². The predicted molar refractivity (Wildman–Crippen MR) is 93.9 cm³/mol. The third-order valence-electron chi connectivity index (χ3n) is 5.25. The minimum atomic E-state index is -0.162. The van der Waals surface area contributed by atoms with Gasteiger partial charge in [-0.15, -0.1) is 0 Å². The van der Waals surface area contributed by atoms with Gasteiger partial charge in [0, 0.05) is 24.8 Å². The molecule has 1 aromatic carbocycles. The summed E-state index contributed by atoms with van der Waals surface area (Å²) < 4.78 is 24.6. The molecule has 4 heterocycles. The van der Waals surface area contributed by atoms with Crippen molar-refractivity contribution in [2.45, 2.75) is 24.3 Å². The largest absolute Gasteiger partial charge is 0.423 e. The van der Waals surface area contributed by atoms with Crippen molar-refractivity contribution < 1.29 is 18.9 Å². The summed E-state index contributed by atoms with van der Waals surface area (Å²) in [4.78, 5) is 2.27. The second-order valence-corrected chi connectivity index (χ2v) is 6.93. The average Bonchev–Trinajstić information content (AvgIpc) is 3.41. The molecule has 3 fully saturated rings. The van der Waals surface area contributed by atoms with E-state index in [0.717, 1.165) is 32.0 Å². The monoisotopic (exact) mass is 374 g/mol. The van der Waals surface area contributed by atoms with E-state index in [-0.39, 0.29) is 24.3 Å². The molecule has 3 saturated heterocycles. The van der Waals surface area contributed by atoms with Crippen LogP contribution in [0.1, 0.15) is 6.04 Å². The van der Waals surface area contributed by atoms with E-state index in [1.165, 1.54) is 0 Å². The number of hydrogen-bond donors (Lipinski definition) is 1. The molecule has 1 aromatic heterocycles. The number of tetrazole rings is 1. The van der Waals surface area contributed by atoms with Crippen molar-refractivity contribution in [1.82, 2.24) is 20.2 Å². The van der Waals surface area contributed by atoms with Crippen LogP contribution in [-0.4, -0.2) is 78.0 Å². The van der Waals surface area contributed by atoms with Crippen molar-refractivity contribution in [2.75, 3.05) is 44.4 Å². The molecule has 0 saturated carbocycles. The molecule has 2 aromatic rings. The van der Waals surface area contributed by atoms with Gasteiger partial charge in [0.2, 0.25) is 0 Å². The standard InChI is InChI=1S/C17H22N6O4/c18-13-9-25-16-14(10-26-15(13)16)23-17(19-20-21-23)27-12-3-1-2-11(8-12)22-4-6-24-7-5-22/h1-3,8,13-16H,4-7,9-10,18H2/t13-,14+,15-,16+/m0/s1. The zero-order valence-electron chi connectivity index (χ0n) is 14.8. The van der Waals surface area contributed by atoms with Crippen molar-refractivity contribution in [3.8, 4) is 11.8 Å². The highest BCUT2D eigenvalue weighted by atomic mass is 16.6. The van der Waals surface area contributed by atoms with Crippen LogP contribution < -0.4 is 15.4 Å². The number of aromatic nitrogens is 4. The maximum atomic E-state index is 6.03. The van der Waals surface area contributed by atoms with E-state index in [4.69, 9.17) is 24.7 Å². The lowest BCUT2D eigenvalue weighted by atomic mass is 10.1. The highest BCUT2D eigenvalue weighted by molar-refractivity contribution is 5.51. The molecule has 3 aliphatic rings. The zero-order chi connectivity index (χ0) is 18.2. The number of nitrogens with two attached hydrogens (primary N) is 1. The first-order valence-electron chi connectivity index (χ1n) is 9.17. The number of benzene rings is 1. The van der Waals surface area contributed by atoms with Crippen molar-refractivity contribution in [1.29, 1.82) is 0 Å². The molecule has 27 heavy (non-hydrogen) atoms. The van der Waals surface area contributed by atoms with Crippen LogP contribution in [0.15, 0.2) is 24.3 Å². The highest BCUT2D eigenvalue weighted by Crippen LogP contribution is 2.35. The Labute approximate surface area is 156 Å². The van der Waals surface area contributed by atoms with E-state index >= 15 is 0 Å². The van der Waals surface area contributed by atoms with Gasteiger partial charge >= 0.3 is 6.01 Å². The number of hydrogen-bond acceptors (Lipinski definition) is 9. The quantitative estimate of drug-likeness (QED) is 0.789. The van der Waals surface area contributed by atoms with Crippen LogP contribution in [0.3, 0.4) is 0 Å². The first-order valence-corrected chi connectivity index (χ1v) is 9.17. The third kappa shape index (κ3) is 3.14. The SMILES string of the molecule is N[C@H]1CO[C@H]2[C@H]1OC[C@H]2n1nnnc1Oc1cccc(N2CCOCC2)c1. The van der Waals surface area contributed by atoms with Crippen molar-refractivity contribution >= 4 is 5.69 Å². The molecule has 0 radical (unpaired) electrons. The molecule has 0 unspecified atom stereocenters. The Morgan fingerprint density at radius 1 is 1.11 bits per heavy atom. The molecule has 0 amide bonds. The summed E-state index contributed by atoms with van der Waals surface area (Å²) in [6.07, 6.45) is -0.290. The molecular formula is C17H22N6O4. The van der Waals surface area contributed by atoms with Gasteiger partial charge in [-0.1, -0.05) is 11.2 Å². The Morgan fingerprint density at radius 2 is 1.96 bits per heavy atom. The van der Waals surface area contributed by atoms with Gasteiger partial charge in [-0.25, -0.2) is 0 Å². The molecule has 5 rings (SSSR count). The van der Waals surface area contributed by atoms with Crippen LogP contribution in [0.5, 0.6) is 11.8 Å². The zero-order valence-corrected chi connectivity index (χ0v) is 14.8. The summed E-state index contributed by atoms with van der Waals surface area (Å²) in [5.74, 6) is 0.676. The normalized spacial score (nSPS) is 30.5. The first-order chi connectivity index (χ1) is 13.3. The molecule has 10 nitrogen and oxygen atoms in total. The van der Waals surface area contributed by atoms with Crippen LogP contribution in [-0.2, 0) is 14.2 Å². The molecule has 0 spiro atoms. The highest BCUT2D eigenvalue weighted by Gasteiger charge is 2.48. The fourth-order valence-electron chi connectivity index (χ4n) is 3.85. The van der Waals surface area contributed by atoms with Crippen LogP contribution in [0.2, 0.25) is 0 Å². The molecule has 4 atom stereocenters. The fourth-order valence-corrected chi connectivity index (χ4v) is 3.85.